The highest BCUT2D eigenvalue weighted by Gasteiger charge is 2.12. The molecule has 2 rings (SSSR count). The molecule has 2 aromatic rings. The smallest absolute Gasteiger partial charge is 0.337 e. The van der Waals surface area contributed by atoms with E-state index in [4.69, 9.17) is 5.11 Å². The van der Waals surface area contributed by atoms with Crippen LogP contribution < -0.4 is 0 Å². The van der Waals surface area contributed by atoms with Crippen LogP contribution in [0.2, 0.25) is 0 Å². The Bertz CT molecular complexity index is 514. The lowest BCUT2D eigenvalue weighted by Crippen LogP contribution is -1.98. The number of nitrogens with zero attached hydrogens (tertiary/aromatic N) is 1. The van der Waals surface area contributed by atoms with Gasteiger partial charge in [0.25, 0.3) is 0 Å². The van der Waals surface area contributed by atoms with Crippen molar-refractivity contribution in [1.29, 1.82) is 0 Å². The fourth-order valence-electron chi connectivity index (χ4n) is 1.55. The summed E-state index contributed by atoms with van der Waals surface area (Å²) in [5.41, 5.74) is 2.61. The molecule has 0 unspecified atom stereocenters. The first-order valence-electron chi connectivity index (χ1n) is 4.28. The van der Waals surface area contributed by atoms with Gasteiger partial charge >= 0.3 is 5.97 Å². The van der Waals surface area contributed by atoms with Crippen LogP contribution in [0.25, 0.3) is 10.9 Å². The van der Waals surface area contributed by atoms with E-state index in [9.17, 15) is 4.79 Å². The Labute approximate surface area is 80.6 Å². The number of fused-ring (bicyclic) bond motifs is 1. The van der Waals surface area contributed by atoms with Crippen LogP contribution in [-0.2, 0) is 0 Å². The molecule has 1 aromatic heterocycles. The zero-order chi connectivity index (χ0) is 10.3. The number of H-pyrrole nitrogens is 1. The topological polar surface area (TPSA) is 66.0 Å². The van der Waals surface area contributed by atoms with Crippen molar-refractivity contribution in [3.8, 4) is 0 Å². The number of rotatable bonds is 1. The van der Waals surface area contributed by atoms with Crippen molar-refractivity contribution in [2.24, 2.45) is 0 Å². The number of benzene rings is 1. The van der Waals surface area contributed by atoms with E-state index in [-0.39, 0.29) is 5.56 Å². The van der Waals surface area contributed by atoms with Crippen LogP contribution in [-0.4, -0.2) is 21.3 Å². The van der Waals surface area contributed by atoms with Gasteiger partial charge in [-0.05, 0) is 31.5 Å². The van der Waals surface area contributed by atoms with Crippen LogP contribution in [0.1, 0.15) is 21.6 Å². The lowest BCUT2D eigenvalue weighted by Gasteiger charge is -1.98. The van der Waals surface area contributed by atoms with Gasteiger partial charge in [-0.3, -0.25) is 5.10 Å². The molecule has 0 amide bonds. The van der Waals surface area contributed by atoms with Gasteiger partial charge in [-0.2, -0.15) is 5.10 Å². The van der Waals surface area contributed by atoms with E-state index in [1.165, 1.54) is 0 Å². The summed E-state index contributed by atoms with van der Waals surface area (Å²) >= 11 is 0. The number of carboxylic acid groups (broad SMARTS) is 1. The summed E-state index contributed by atoms with van der Waals surface area (Å²) in [6.45, 7) is 3.75. The van der Waals surface area contributed by atoms with E-state index in [1.54, 1.807) is 6.07 Å². The molecular weight excluding hydrogens is 180 g/mol. The molecule has 2 N–H and O–H groups in total. The molecule has 0 aliphatic rings. The van der Waals surface area contributed by atoms with Gasteiger partial charge in [-0.15, -0.1) is 0 Å². The maximum Gasteiger partial charge on any atom is 0.337 e. The molecule has 4 heteroatoms. The Hall–Kier alpha value is -1.84. The van der Waals surface area contributed by atoms with Crippen LogP contribution in [0, 0.1) is 13.8 Å². The maximum absolute atomic E-state index is 10.9. The van der Waals surface area contributed by atoms with Crippen molar-refractivity contribution in [2.75, 3.05) is 0 Å². The summed E-state index contributed by atoms with van der Waals surface area (Å²) in [7, 11) is 0. The van der Waals surface area contributed by atoms with Gasteiger partial charge in [0.05, 0.1) is 5.56 Å². The third kappa shape index (κ3) is 1.16. The third-order valence-electron chi connectivity index (χ3n) is 2.22. The summed E-state index contributed by atoms with van der Waals surface area (Å²) in [4.78, 5) is 10.9. The van der Waals surface area contributed by atoms with Gasteiger partial charge in [0.15, 0.2) is 0 Å². The fourth-order valence-corrected chi connectivity index (χ4v) is 1.55. The molecule has 0 radical (unpaired) electrons. The summed E-state index contributed by atoms with van der Waals surface area (Å²) in [5.74, 6) is -0.940. The quantitative estimate of drug-likeness (QED) is 0.721. The van der Waals surface area contributed by atoms with Gasteiger partial charge in [-0.1, -0.05) is 0 Å². The van der Waals surface area contributed by atoms with Crippen LogP contribution in [0.15, 0.2) is 12.1 Å². The van der Waals surface area contributed by atoms with Crippen LogP contribution in [0.3, 0.4) is 0 Å². The highest BCUT2D eigenvalue weighted by molar-refractivity contribution is 6.02. The predicted molar refractivity (Wildman–Crippen MR) is 52.5 cm³/mol. The molecule has 0 saturated carbocycles. The number of nitrogens with one attached hydrogen (secondary N) is 1. The standard InChI is InChI=1S/C10H10N2O2/c1-5-3-7-6(2)11-12-9(7)8(4-5)10(13)14/h3-4H,1-2H3,(H,11,12)(H,13,14). The second kappa shape index (κ2) is 2.83. The summed E-state index contributed by atoms with van der Waals surface area (Å²) < 4.78 is 0. The Kier molecular flexibility index (Phi) is 1.77. The molecule has 0 saturated heterocycles. The first-order valence-corrected chi connectivity index (χ1v) is 4.28. The van der Waals surface area contributed by atoms with E-state index in [0.717, 1.165) is 16.6 Å². The minimum atomic E-state index is -0.940. The third-order valence-corrected chi connectivity index (χ3v) is 2.22. The normalized spacial score (nSPS) is 10.7. The van der Waals surface area contributed by atoms with Crippen molar-refractivity contribution in [1.82, 2.24) is 10.2 Å². The first kappa shape index (κ1) is 8.74. The molecule has 0 aliphatic carbocycles. The second-order valence-corrected chi connectivity index (χ2v) is 3.36. The van der Waals surface area contributed by atoms with Crippen molar-refractivity contribution >= 4 is 16.9 Å². The Morgan fingerprint density at radius 1 is 1.43 bits per heavy atom. The summed E-state index contributed by atoms with van der Waals surface area (Å²) in [6, 6.07) is 3.56. The summed E-state index contributed by atoms with van der Waals surface area (Å²) in [6.07, 6.45) is 0. The Balaban J connectivity index is 2.88. The fraction of sp³-hybridized carbons (Fsp3) is 0.200. The lowest BCUT2D eigenvalue weighted by atomic mass is 10.1. The molecule has 0 bridgehead atoms. The molecule has 1 heterocycles. The molecule has 4 nitrogen and oxygen atoms in total. The lowest BCUT2D eigenvalue weighted by molar-refractivity contribution is 0.0698. The molecule has 0 atom stereocenters. The number of aromatic nitrogens is 2. The van der Waals surface area contributed by atoms with Crippen LogP contribution >= 0.6 is 0 Å². The Morgan fingerprint density at radius 3 is 2.79 bits per heavy atom. The van der Waals surface area contributed by atoms with E-state index in [2.05, 4.69) is 10.2 Å². The van der Waals surface area contributed by atoms with Gasteiger partial charge < -0.3 is 5.11 Å². The average molecular weight is 190 g/mol. The minimum absolute atomic E-state index is 0.254. The van der Waals surface area contributed by atoms with Crippen LogP contribution in [0.4, 0.5) is 0 Å². The van der Waals surface area contributed by atoms with E-state index in [1.807, 2.05) is 19.9 Å². The number of hydrogen-bond donors (Lipinski definition) is 2. The number of carboxylic acids is 1. The first-order chi connectivity index (χ1) is 6.59. The van der Waals surface area contributed by atoms with Crippen molar-refractivity contribution in [3.05, 3.63) is 29.0 Å². The zero-order valence-electron chi connectivity index (χ0n) is 7.96. The molecule has 0 fully saturated rings. The molecule has 1 aromatic carbocycles. The number of aromatic carboxylic acids is 1. The highest BCUT2D eigenvalue weighted by Crippen LogP contribution is 2.21. The summed E-state index contributed by atoms with van der Waals surface area (Å²) in [5, 5.41) is 16.6. The average Bonchev–Trinajstić information content (AvgIpc) is 2.47. The molecule has 72 valence electrons. The van der Waals surface area contributed by atoms with Crippen molar-refractivity contribution < 1.29 is 9.90 Å². The highest BCUT2D eigenvalue weighted by atomic mass is 16.4. The Morgan fingerprint density at radius 2 is 2.14 bits per heavy atom. The molecule has 0 aliphatic heterocycles. The van der Waals surface area contributed by atoms with Gasteiger partial charge in [-0.25, -0.2) is 4.79 Å². The largest absolute Gasteiger partial charge is 0.478 e. The van der Waals surface area contributed by atoms with Crippen molar-refractivity contribution in [3.63, 3.8) is 0 Å². The second-order valence-electron chi connectivity index (χ2n) is 3.36. The number of carbonyl (C=O) groups is 1. The van der Waals surface area contributed by atoms with Gasteiger partial charge in [0.2, 0.25) is 0 Å². The zero-order valence-corrected chi connectivity index (χ0v) is 7.96. The van der Waals surface area contributed by atoms with Crippen molar-refractivity contribution in [2.45, 2.75) is 13.8 Å². The van der Waals surface area contributed by atoms with Crippen LogP contribution in [0.5, 0.6) is 0 Å². The van der Waals surface area contributed by atoms with E-state index >= 15 is 0 Å². The SMILES string of the molecule is Cc1cc(C(=O)O)c2n[nH]c(C)c2c1. The molecule has 0 spiro atoms. The van der Waals surface area contributed by atoms with E-state index in [0.29, 0.717) is 5.52 Å². The number of hydrogen-bond acceptors (Lipinski definition) is 2. The molecular formula is C10H10N2O2. The van der Waals surface area contributed by atoms with Gasteiger partial charge in [0.1, 0.15) is 5.52 Å². The minimum Gasteiger partial charge on any atom is -0.478 e. The number of aromatic amines is 1. The van der Waals surface area contributed by atoms with E-state index < -0.39 is 5.97 Å². The maximum atomic E-state index is 10.9. The monoisotopic (exact) mass is 190 g/mol. The molecule has 14 heavy (non-hydrogen) atoms. The predicted octanol–water partition coefficient (Wildman–Crippen LogP) is 1.88. The van der Waals surface area contributed by atoms with Gasteiger partial charge in [0, 0.05) is 11.1 Å². The number of aryl methyl sites for hydroxylation is 2.